The van der Waals surface area contributed by atoms with Crippen LogP contribution in [0.1, 0.15) is 0 Å². The molecule has 29 heavy (non-hydrogen) atoms. The number of carbonyl (C=O) groups is 1. The fourth-order valence-corrected chi connectivity index (χ4v) is 3.83. The van der Waals surface area contributed by atoms with Crippen LogP contribution in [0, 0.1) is 5.41 Å². The van der Waals surface area contributed by atoms with Gasteiger partial charge in [0, 0.05) is 37.4 Å². The normalized spacial score (nSPS) is 20.1. The molecule has 1 aromatic heterocycles. The molecule has 10 heteroatoms. The molecule has 2 N–H and O–H groups in total. The molecule has 2 aromatic rings. The van der Waals surface area contributed by atoms with Gasteiger partial charge in [0.2, 0.25) is 11.9 Å². The summed E-state index contributed by atoms with van der Waals surface area (Å²) in [5.41, 5.74) is 1.57. The van der Waals surface area contributed by atoms with Crippen molar-refractivity contribution < 1.29 is 19.4 Å². The molecular weight excluding hydrogens is 376 g/mol. The lowest BCUT2D eigenvalue weighted by molar-refractivity contribution is -0.127. The van der Waals surface area contributed by atoms with E-state index in [0.717, 1.165) is 45.0 Å². The quantitative estimate of drug-likeness (QED) is 0.787. The van der Waals surface area contributed by atoms with Crippen LogP contribution in [0.5, 0.6) is 0 Å². The van der Waals surface area contributed by atoms with E-state index in [1.165, 1.54) is 0 Å². The molecule has 3 aliphatic rings. The van der Waals surface area contributed by atoms with Crippen molar-refractivity contribution in [1.29, 1.82) is 0 Å². The smallest absolute Gasteiger partial charge is 0.409 e. The molecule has 0 atom stereocenters. The Hall–Kier alpha value is -2.98. The third-order valence-electron chi connectivity index (χ3n) is 5.45. The lowest BCUT2D eigenvalue weighted by atomic mass is 9.78. The molecule has 0 radical (unpaired) electrons. The lowest BCUT2D eigenvalue weighted by Gasteiger charge is -2.54. The number of hydrogen-bond donors (Lipinski definition) is 2. The zero-order valence-electron chi connectivity index (χ0n) is 15.9. The van der Waals surface area contributed by atoms with Crippen molar-refractivity contribution in [2.45, 2.75) is 0 Å². The molecule has 4 heterocycles. The number of ether oxygens (including phenoxy) is 2. The number of benzene rings is 1. The summed E-state index contributed by atoms with van der Waals surface area (Å²) >= 11 is 0. The summed E-state index contributed by atoms with van der Waals surface area (Å²) in [7, 11) is 0. The number of nitrogens with one attached hydrogen (secondary N) is 1. The maximum absolute atomic E-state index is 10.8. The van der Waals surface area contributed by atoms with Gasteiger partial charge in [0.25, 0.3) is 0 Å². The molecule has 5 rings (SSSR count). The highest BCUT2D eigenvalue weighted by atomic mass is 16.5. The Kier molecular flexibility index (Phi) is 4.44. The number of hydrogen-bond acceptors (Lipinski definition) is 8. The number of morpholine rings is 1. The van der Waals surface area contributed by atoms with Crippen molar-refractivity contribution >= 4 is 23.7 Å². The molecule has 1 spiro atoms. The standard InChI is InChI=1S/C19H22N6O4/c26-18(27)20-14-3-1-13(2-4-14)15-21-16(24-5-7-28-8-6-24)23-17(22-15)25-9-19(10-25)11-29-12-19/h1-4,20H,5-12H2,(H,26,27). The first-order valence-electron chi connectivity index (χ1n) is 9.62. The molecule has 10 nitrogen and oxygen atoms in total. The Bertz CT molecular complexity index is 903. The fraction of sp³-hybridized carbons (Fsp3) is 0.474. The van der Waals surface area contributed by atoms with Crippen molar-refractivity contribution in [3.63, 3.8) is 0 Å². The number of amides is 1. The third kappa shape index (κ3) is 3.56. The van der Waals surface area contributed by atoms with E-state index in [-0.39, 0.29) is 5.41 Å². The molecule has 0 aliphatic carbocycles. The Balaban J connectivity index is 1.45. The average Bonchev–Trinajstić information content (AvgIpc) is 2.66. The van der Waals surface area contributed by atoms with Gasteiger partial charge in [-0.1, -0.05) is 0 Å². The van der Waals surface area contributed by atoms with Gasteiger partial charge in [0.05, 0.1) is 31.8 Å². The second-order valence-electron chi connectivity index (χ2n) is 7.71. The number of anilines is 3. The average molecular weight is 398 g/mol. The summed E-state index contributed by atoms with van der Waals surface area (Å²) in [5.74, 6) is 1.89. The molecule has 3 aliphatic heterocycles. The largest absolute Gasteiger partial charge is 0.465 e. The molecule has 0 unspecified atom stereocenters. The van der Waals surface area contributed by atoms with E-state index in [0.29, 0.717) is 36.6 Å². The number of carboxylic acid groups (broad SMARTS) is 1. The van der Waals surface area contributed by atoms with Crippen molar-refractivity contribution in [2.24, 2.45) is 5.41 Å². The van der Waals surface area contributed by atoms with E-state index in [4.69, 9.17) is 24.5 Å². The monoisotopic (exact) mass is 398 g/mol. The first-order valence-corrected chi connectivity index (χ1v) is 9.62. The minimum atomic E-state index is -1.10. The van der Waals surface area contributed by atoms with Gasteiger partial charge in [-0.3, -0.25) is 5.32 Å². The molecule has 152 valence electrons. The number of nitrogens with zero attached hydrogens (tertiary/aromatic N) is 5. The van der Waals surface area contributed by atoms with E-state index < -0.39 is 6.09 Å². The first kappa shape index (κ1) is 18.1. The highest BCUT2D eigenvalue weighted by Crippen LogP contribution is 2.39. The summed E-state index contributed by atoms with van der Waals surface area (Å²) in [6.45, 7) is 6.16. The van der Waals surface area contributed by atoms with Crippen molar-refractivity contribution in [2.75, 3.05) is 67.7 Å². The SMILES string of the molecule is O=C(O)Nc1ccc(-c2nc(N3CCOCC3)nc(N3CC4(COC4)C3)n2)cc1. The van der Waals surface area contributed by atoms with Gasteiger partial charge in [0.15, 0.2) is 5.82 Å². The number of aromatic nitrogens is 3. The van der Waals surface area contributed by atoms with E-state index in [2.05, 4.69) is 20.1 Å². The van der Waals surface area contributed by atoms with Crippen LogP contribution in [0.4, 0.5) is 22.4 Å². The highest BCUT2D eigenvalue weighted by Gasteiger charge is 2.50. The van der Waals surface area contributed by atoms with Crippen LogP contribution in [0.15, 0.2) is 24.3 Å². The van der Waals surface area contributed by atoms with E-state index in [1.54, 1.807) is 12.1 Å². The summed E-state index contributed by atoms with van der Waals surface area (Å²) < 4.78 is 10.8. The zero-order valence-corrected chi connectivity index (χ0v) is 15.9. The summed E-state index contributed by atoms with van der Waals surface area (Å²) in [6, 6.07) is 7.02. The topological polar surface area (TPSA) is 113 Å². The Labute approximate surface area is 167 Å². The second-order valence-corrected chi connectivity index (χ2v) is 7.71. The maximum atomic E-state index is 10.8. The molecule has 1 amide bonds. The minimum absolute atomic E-state index is 0.260. The van der Waals surface area contributed by atoms with Crippen molar-refractivity contribution in [3.8, 4) is 11.4 Å². The van der Waals surface area contributed by atoms with Crippen molar-refractivity contribution in [1.82, 2.24) is 15.0 Å². The highest BCUT2D eigenvalue weighted by molar-refractivity contribution is 5.83. The minimum Gasteiger partial charge on any atom is -0.465 e. The molecule has 0 saturated carbocycles. The predicted octanol–water partition coefficient (Wildman–Crippen LogP) is 1.30. The second kappa shape index (κ2) is 7.12. The summed E-state index contributed by atoms with van der Waals surface area (Å²) in [4.78, 5) is 29.2. The Morgan fingerprint density at radius 1 is 0.966 bits per heavy atom. The van der Waals surface area contributed by atoms with Gasteiger partial charge in [-0.2, -0.15) is 15.0 Å². The van der Waals surface area contributed by atoms with Gasteiger partial charge in [0.1, 0.15) is 0 Å². The maximum Gasteiger partial charge on any atom is 0.409 e. The molecular formula is C19H22N6O4. The van der Waals surface area contributed by atoms with E-state index in [9.17, 15) is 4.79 Å². The summed E-state index contributed by atoms with van der Waals surface area (Å²) in [6.07, 6.45) is -1.10. The predicted molar refractivity (Wildman–Crippen MR) is 105 cm³/mol. The molecule has 1 aromatic carbocycles. The first-order chi connectivity index (χ1) is 14.1. The van der Waals surface area contributed by atoms with E-state index in [1.807, 2.05) is 12.1 Å². The Morgan fingerprint density at radius 3 is 2.21 bits per heavy atom. The van der Waals surface area contributed by atoms with Crippen LogP contribution in [0.2, 0.25) is 0 Å². The zero-order chi connectivity index (χ0) is 19.8. The molecule has 3 fully saturated rings. The van der Waals surface area contributed by atoms with E-state index >= 15 is 0 Å². The van der Waals surface area contributed by atoms with Crippen molar-refractivity contribution in [3.05, 3.63) is 24.3 Å². The van der Waals surface area contributed by atoms with Gasteiger partial charge >= 0.3 is 6.09 Å². The summed E-state index contributed by atoms with van der Waals surface area (Å²) in [5, 5.41) is 11.2. The van der Waals surface area contributed by atoms with Crippen LogP contribution in [-0.4, -0.2) is 78.8 Å². The fourth-order valence-electron chi connectivity index (χ4n) is 3.83. The Morgan fingerprint density at radius 2 is 1.62 bits per heavy atom. The lowest BCUT2D eigenvalue weighted by Crippen LogP contribution is -2.66. The van der Waals surface area contributed by atoms with Crippen LogP contribution in [-0.2, 0) is 9.47 Å². The van der Waals surface area contributed by atoms with Crippen LogP contribution >= 0.6 is 0 Å². The van der Waals surface area contributed by atoms with Crippen LogP contribution < -0.4 is 15.1 Å². The molecule has 0 bridgehead atoms. The van der Waals surface area contributed by atoms with Crippen LogP contribution in [0.3, 0.4) is 0 Å². The molecule has 3 saturated heterocycles. The third-order valence-corrected chi connectivity index (χ3v) is 5.45. The van der Waals surface area contributed by atoms with Crippen LogP contribution in [0.25, 0.3) is 11.4 Å². The van der Waals surface area contributed by atoms with Gasteiger partial charge < -0.3 is 24.4 Å². The van der Waals surface area contributed by atoms with Gasteiger partial charge in [-0.15, -0.1) is 0 Å². The van der Waals surface area contributed by atoms with Gasteiger partial charge in [-0.05, 0) is 24.3 Å². The number of rotatable bonds is 4. The van der Waals surface area contributed by atoms with Gasteiger partial charge in [-0.25, -0.2) is 4.79 Å².